The molecule has 0 radical (unpaired) electrons. The molecule has 0 aliphatic heterocycles. The number of carbonyl (C=O) groups is 1. The van der Waals surface area contributed by atoms with Crippen molar-refractivity contribution in [2.24, 2.45) is 11.8 Å². The number of nitrogen functional groups attached to an aromatic ring is 1. The summed E-state index contributed by atoms with van der Waals surface area (Å²) in [6, 6.07) is 2.02. The quantitative estimate of drug-likeness (QED) is 0.684. The van der Waals surface area contributed by atoms with Gasteiger partial charge in [0.05, 0.1) is 12.3 Å². The van der Waals surface area contributed by atoms with E-state index >= 15 is 0 Å². The molecule has 0 amide bonds. The van der Waals surface area contributed by atoms with Crippen LogP contribution < -0.4 is 5.73 Å². The van der Waals surface area contributed by atoms with Crippen molar-refractivity contribution in [3.63, 3.8) is 0 Å². The highest BCUT2D eigenvalue weighted by atomic mass is 31.0. The molecule has 2 saturated carbocycles. The van der Waals surface area contributed by atoms with Gasteiger partial charge in [-0.2, -0.15) is 5.10 Å². The van der Waals surface area contributed by atoms with Gasteiger partial charge in [0, 0.05) is 12.0 Å². The van der Waals surface area contributed by atoms with Crippen LogP contribution in [0, 0.1) is 11.8 Å². The van der Waals surface area contributed by atoms with Crippen LogP contribution in [0.5, 0.6) is 0 Å². The molecule has 2 aliphatic carbocycles. The van der Waals surface area contributed by atoms with Crippen LogP contribution in [-0.2, 0) is 9.53 Å². The van der Waals surface area contributed by atoms with Gasteiger partial charge >= 0.3 is 0 Å². The molecule has 2 fully saturated rings. The summed E-state index contributed by atoms with van der Waals surface area (Å²) in [5.41, 5.74) is 6.93. The van der Waals surface area contributed by atoms with Gasteiger partial charge in [-0.1, -0.05) is 7.43 Å². The first-order valence-corrected chi connectivity index (χ1v) is 6.83. The summed E-state index contributed by atoms with van der Waals surface area (Å²) in [5, 5.41) is 4.40. The number of hydrogen-bond donors (Lipinski definition) is 1. The summed E-state index contributed by atoms with van der Waals surface area (Å²) in [4.78, 5) is 9.18. The molecule has 3 atom stereocenters. The zero-order valence-corrected chi connectivity index (χ0v) is 11.7. The van der Waals surface area contributed by atoms with Crippen molar-refractivity contribution < 1.29 is 9.53 Å². The van der Waals surface area contributed by atoms with Crippen molar-refractivity contribution in [2.45, 2.75) is 39.5 Å². The molecule has 108 valence electrons. The third-order valence-corrected chi connectivity index (χ3v) is 4.09. The number of aromatic nitrogens is 2. The Bertz CT molecular complexity index is 393. The average Bonchev–Trinajstić information content (AvgIpc) is 2.80. The molecule has 5 nitrogen and oxygen atoms in total. The van der Waals surface area contributed by atoms with Gasteiger partial charge in [-0.25, -0.2) is 4.45 Å². The first kappa shape index (κ1) is 16.0. The summed E-state index contributed by atoms with van der Waals surface area (Å²) in [6.07, 6.45) is 4.14. The summed E-state index contributed by atoms with van der Waals surface area (Å²) < 4.78 is 5.85. The van der Waals surface area contributed by atoms with E-state index in [1.807, 2.05) is 6.07 Å². The smallest absolute Gasteiger partial charge is 0.293 e. The maximum Gasteiger partial charge on any atom is 0.293 e. The van der Waals surface area contributed by atoms with Crippen LogP contribution in [0.1, 0.15) is 45.2 Å². The standard InChI is InChI=1S/C9H14N3P.C3H6O2.CH4/c10-9-4-8(11-12(9)13)7-2-5-1-6(5)3-7;1-2-5-3-4;/h4-7H,1-3,10,13H2;3H,2H2,1H3;1H4. The minimum atomic E-state index is 0. The Balaban J connectivity index is 0.000000265. The normalized spacial score (nSPS) is 26.5. The number of anilines is 1. The van der Waals surface area contributed by atoms with Crippen molar-refractivity contribution in [3.8, 4) is 0 Å². The van der Waals surface area contributed by atoms with E-state index < -0.39 is 0 Å². The number of nitrogens with zero attached hydrogens (tertiary/aromatic N) is 2. The molecule has 2 aliphatic rings. The van der Waals surface area contributed by atoms with E-state index in [4.69, 9.17) is 5.73 Å². The van der Waals surface area contributed by atoms with E-state index in [-0.39, 0.29) is 7.43 Å². The molecule has 2 N–H and O–H groups in total. The fourth-order valence-corrected chi connectivity index (χ4v) is 2.86. The van der Waals surface area contributed by atoms with E-state index in [1.165, 1.54) is 25.0 Å². The molecule has 1 aromatic rings. The van der Waals surface area contributed by atoms with Crippen molar-refractivity contribution in [2.75, 3.05) is 12.3 Å². The van der Waals surface area contributed by atoms with Gasteiger partial charge in [-0.3, -0.25) is 4.79 Å². The Labute approximate surface area is 117 Å². The lowest BCUT2D eigenvalue weighted by Crippen LogP contribution is -1.96. The van der Waals surface area contributed by atoms with Gasteiger partial charge in [0.2, 0.25) is 0 Å². The fraction of sp³-hybridized carbons (Fsp3) is 0.692. The van der Waals surface area contributed by atoms with E-state index in [1.54, 1.807) is 11.4 Å². The monoisotopic (exact) mass is 285 g/mol. The Kier molecular flexibility index (Phi) is 5.80. The van der Waals surface area contributed by atoms with Crippen molar-refractivity contribution in [1.82, 2.24) is 9.55 Å². The molecule has 3 unspecified atom stereocenters. The molecule has 3 rings (SSSR count). The van der Waals surface area contributed by atoms with Crippen molar-refractivity contribution in [1.29, 1.82) is 0 Å². The van der Waals surface area contributed by atoms with Crippen LogP contribution >= 0.6 is 9.39 Å². The number of nitrogens with two attached hydrogens (primary N) is 1. The minimum absolute atomic E-state index is 0. The second kappa shape index (κ2) is 6.90. The number of rotatable bonds is 3. The van der Waals surface area contributed by atoms with Crippen molar-refractivity contribution in [3.05, 3.63) is 11.8 Å². The van der Waals surface area contributed by atoms with Crippen LogP contribution in [0.4, 0.5) is 5.82 Å². The molecule has 1 aromatic heterocycles. The van der Waals surface area contributed by atoms with Crippen LogP contribution in [0.15, 0.2) is 6.07 Å². The van der Waals surface area contributed by atoms with Gasteiger partial charge in [-0.05, 0) is 47.4 Å². The largest absolute Gasteiger partial charge is 0.468 e. The topological polar surface area (TPSA) is 70.1 Å². The lowest BCUT2D eigenvalue weighted by Gasteiger charge is -2.06. The molecule has 1 heterocycles. The summed E-state index contributed by atoms with van der Waals surface area (Å²) in [5.74, 6) is 3.47. The van der Waals surface area contributed by atoms with Gasteiger partial charge in [-0.15, -0.1) is 0 Å². The maximum absolute atomic E-state index is 9.18. The van der Waals surface area contributed by atoms with Crippen molar-refractivity contribution >= 4 is 21.7 Å². The SMILES string of the molecule is C.CCOC=O.Nc1cc(C2CC3CC3C2)nn1P. The summed E-state index contributed by atoms with van der Waals surface area (Å²) >= 11 is 0. The molecular weight excluding hydrogens is 261 g/mol. The molecule has 0 aromatic carbocycles. The number of hydrogen-bond acceptors (Lipinski definition) is 4. The molecule has 19 heavy (non-hydrogen) atoms. The molecule has 6 heteroatoms. The van der Waals surface area contributed by atoms with E-state index in [9.17, 15) is 4.79 Å². The number of fused-ring (bicyclic) bond motifs is 1. The van der Waals surface area contributed by atoms with Gasteiger partial charge in [0.25, 0.3) is 6.47 Å². The zero-order valence-electron chi connectivity index (χ0n) is 10.6. The molecule has 0 bridgehead atoms. The predicted octanol–water partition coefficient (Wildman–Crippen LogP) is 2.43. The third kappa shape index (κ3) is 3.93. The van der Waals surface area contributed by atoms with Crippen LogP contribution in [0.25, 0.3) is 0 Å². The fourth-order valence-electron chi connectivity index (χ4n) is 2.65. The third-order valence-electron chi connectivity index (χ3n) is 3.68. The molecule has 0 spiro atoms. The van der Waals surface area contributed by atoms with Gasteiger partial charge < -0.3 is 10.5 Å². The van der Waals surface area contributed by atoms with Crippen LogP contribution in [-0.4, -0.2) is 22.6 Å². The Morgan fingerprint density at radius 2 is 2.16 bits per heavy atom. The van der Waals surface area contributed by atoms with E-state index in [2.05, 4.69) is 19.2 Å². The summed E-state index contributed by atoms with van der Waals surface area (Å²) in [6.45, 7) is 2.66. The Hall–Kier alpha value is -1.09. The van der Waals surface area contributed by atoms with Gasteiger partial charge in [0.1, 0.15) is 5.82 Å². The molecular formula is C13H24N3O2P. The van der Waals surface area contributed by atoms with Gasteiger partial charge in [0.15, 0.2) is 0 Å². The second-order valence-corrected chi connectivity index (χ2v) is 5.40. The highest BCUT2D eigenvalue weighted by Gasteiger charge is 2.46. The Morgan fingerprint density at radius 1 is 1.53 bits per heavy atom. The lowest BCUT2D eigenvalue weighted by atomic mass is 10.00. The van der Waals surface area contributed by atoms with E-state index in [0.717, 1.165) is 17.7 Å². The number of ether oxygens (including phenoxy) is 1. The van der Waals surface area contributed by atoms with Crippen LogP contribution in [0.3, 0.4) is 0 Å². The predicted molar refractivity (Wildman–Crippen MR) is 79.7 cm³/mol. The van der Waals surface area contributed by atoms with Crippen LogP contribution in [0.2, 0.25) is 0 Å². The zero-order chi connectivity index (χ0) is 13.1. The molecule has 0 saturated heterocycles. The first-order chi connectivity index (χ1) is 8.65. The lowest BCUT2D eigenvalue weighted by molar-refractivity contribution is -0.128. The highest BCUT2D eigenvalue weighted by molar-refractivity contribution is 7.14. The maximum atomic E-state index is 9.18. The summed E-state index contributed by atoms with van der Waals surface area (Å²) in [7, 11) is 2.52. The average molecular weight is 285 g/mol. The minimum Gasteiger partial charge on any atom is -0.468 e. The Morgan fingerprint density at radius 3 is 2.53 bits per heavy atom. The first-order valence-electron chi connectivity index (χ1n) is 6.31. The van der Waals surface area contributed by atoms with E-state index in [0.29, 0.717) is 19.0 Å². The number of carbonyl (C=O) groups excluding carboxylic acids is 1. The second-order valence-electron chi connectivity index (χ2n) is 4.91. The highest BCUT2D eigenvalue weighted by Crippen LogP contribution is 2.57.